The van der Waals surface area contributed by atoms with Crippen LogP contribution in [0.3, 0.4) is 0 Å². The first kappa shape index (κ1) is 7.62. The van der Waals surface area contributed by atoms with E-state index in [0.29, 0.717) is 0 Å². The molecule has 0 saturated heterocycles. The van der Waals surface area contributed by atoms with Crippen molar-refractivity contribution in [2.45, 2.75) is 20.3 Å². The molecule has 0 aromatic heterocycles. The van der Waals surface area contributed by atoms with Gasteiger partial charge in [0.2, 0.25) is 0 Å². The van der Waals surface area contributed by atoms with Crippen molar-refractivity contribution in [2.75, 3.05) is 0 Å². The van der Waals surface area contributed by atoms with E-state index in [0.717, 1.165) is 11.5 Å². The third kappa shape index (κ3) is 2.03. The Balaban J connectivity index is 2.90. The molecule has 0 fully saturated rings. The normalized spacial score (nSPS) is 18.9. The summed E-state index contributed by atoms with van der Waals surface area (Å²) < 4.78 is 0. The molecule has 0 aliphatic heterocycles. The molecule has 10 heavy (non-hydrogen) atoms. The molecule has 0 saturated carbocycles. The fraction of sp³-hybridized carbons (Fsp3) is 0.333. The lowest BCUT2D eigenvalue weighted by Crippen LogP contribution is -1.73. The Morgan fingerprint density at radius 1 is 1.30 bits per heavy atom. The van der Waals surface area contributed by atoms with Crippen LogP contribution in [0.4, 0.5) is 0 Å². The monoisotopic (exact) mass is 154 g/mol. The van der Waals surface area contributed by atoms with E-state index in [1.807, 2.05) is 6.08 Å². The van der Waals surface area contributed by atoms with Crippen molar-refractivity contribution in [3.8, 4) is 0 Å². The highest BCUT2D eigenvalue weighted by Gasteiger charge is 1.97. The molecule has 0 heterocycles. The zero-order valence-corrected chi connectivity index (χ0v) is 7.07. The van der Waals surface area contributed by atoms with Crippen molar-refractivity contribution in [3.05, 3.63) is 34.4 Å². The number of rotatable bonds is 0. The van der Waals surface area contributed by atoms with Gasteiger partial charge in [0.15, 0.2) is 0 Å². The fourth-order valence-electron chi connectivity index (χ4n) is 0.945. The Labute approximate surface area is 66.9 Å². The maximum absolute atomic E-state index is 5.89. The molecule has 0 radical (unpaired) electrons. The minimum Gasteiger partial charge on any atom is -0.0888 e. The number of hydrogen-bond donors (Lipinski definition) is 0. The minimum absolute atomic E-state index is 0.898. The number of allylic oxidation sites excluding steroid dienone is 6. The second-order valence-corrected chi connectivity index (χ2v) is 3.18. The summed E-state index contributed by atoms with van der Waals surface area (Å²) in [5.41, 5.74) is 2.54. The Morgan fingerprint density at radius 2 is 2.00 bits per heavy atom. The molecule has 0 aromatic rings. The molecule has 0 atom stereocenters. The van der Waals surface area contributed by atoms with Crippen molar-refractivity contribution >= 4 is 11.6 Å². The van der Waals surface area contributed by atoms with Crippen LogP contribution in [0, 0.1) is 0 Å². The molecule has 0 spiro atoms. The van der Waals surface area contributed by atoms with Gasteiger partial charge in [-0.3, -0.25) is 0 Å². The number of hydrogen-bond acceptors (Lipinski definition) is 0. The average molecular weight is 155 g/mol. The van der Waals surface area contributed by atoms with E-state index in [4.69, 9.17) is 11.6 Å². The largest absolute Gasteiger partial charge is 0.0888 e. The van der Waals surface area contributed by atoms with E-state index < -0.39 is 0 Å². The van der Waals surface area contributed by atoms with E-state index in [2.05, 4.69) is 26.0 Å². The van der Waals surface area contributed by atoms with Crippen molar-refractivity contribution < 1.29 is 0 Å². The summed E-state index contributed by atoms with van der Waals surface area (Å²) in [6.07, 6.45) is 7.11. The van der Waals surface area contributed by atoms with Gasteiger partial charge in [-0.25, -0.2) is 0 Å². The standard InChI is InChI=1S/C9H11Cl/c1-7-3-4-8(2)6-9(10)5-7/h3-5H,6H2,1-2H3. The van der Waals surface area contributed by atoms with Crippen LogP contribution >= 0.6 is 11.6 Å². The highest BCUT2D eigenvalue weighted by atomic mass is 35.5. The molecular weight excluding hydrogens is 144 g/mol. The molecule has 1 aliphatic carbocycles. The summed E-state index contributed by atoms with van der Waals surface area (Å²) in [6, 6.07) is 0. The van der Waals surface area contributed by atoms with Crippen LogP contribution in [-0.2, 0) is 0 Å². The second kappa shape index (κ2) is 3.07. The van der Waals surface area contributed by atoms with Gasteiger partial charge in [-0.1, -0.05) is 29.3 Å². The van der Waals surface area contributed by atoms with Gasteiger partial charge in [-0.2, -0.15) is 0 Å². The topological polar surface area (TPSA) is 0 Å². The van der Waals surface area contributed by atoms with Crippen LogP contribution in [0.15, 0.2) is 34.4 Å². The quantitative estimate of drug-likeness (QED) is 0.502. The zero-order valence-electron chi connectivity index (χ0n) is 6.32. The van der Waals surface area contributed by atoms with Gasteiger partial charge < -0.3 is 0 Å². The van der Waals surface area contributed by atoms with Crippen LogP contribution in [0.5, 0.6) is 0 Å². The molecule has 0 N–H and O–H groups in total. The molecule has 0 unspecified atom stereocenters. The van der Waals surface area contributed by atoms with Crippen molar-refractivity contribution in [1.29, 1.82) is 0 Å². The lowest BCUT2D eigenvalue weighted by molar-refractivity contribution is 1.19. The van der Waals surface area contributed by atoms with Crippen molar-refractivity contribution in [2.24, 2.45) is 0 Å². The average Bonchev–Trinajstić information content (AvgIpc) is 1.93. The Morgan fingerprint density at radius 3 is 2.70 bits per heavy atom. The SMILES string of the molecule is CC1=CC=C(C)CC(Cl)=C1. The molecule has 0 bridgehead atoms. The highest BCUT2D eigenvalue weighted by Crippen LogP contribution is 2.19. The highest BCUT2D eigenvalue weighted by molar-refractivity contribution is 6.29. The Hall–Kier alpha value is -0.490. The number of halogens is 1. The van der Waals surface area contributed by atoms with Gasteiger partial charge in [-0.15, -0.1) is 0 Å². The molecule has 1 rings (SSSR count). The third-order valence-corrected chi connectivity index (χ3v) is 1.71. The molecule has 1 heteroatoms. The van der Waals surface area contributed by atoms with Gasteiger partial charge in [0.1, 0.15) is 0 Å². The molecular formula is C9H11Cl. The smallest absolute Gasteiger partial charge is 0.0224 e. The first-order chi connectivity index (χ1) is 4.68. The molecule has 0 nitrogen and oxygen atoms in total. The zero-order chi connectivity index (χ0) is 7.56. The summed E-state index contributed by atoms with van der Waals surface area (Å²) in [6.45, 7) is 4.14. The van der Waals surface area contributed by atoms with Crippen LogP contribution < -0.4 is 0 Å². The summed E-state index contributed by atoms with van der Waals surface area (Å²) in [5, 5.41) is 0.931. The van der Waals surface area contributed by atoms with Gasteiger partial charge in [0.05, 0.1) is 0 Å². The Bertz CT molecular complexity index is 219. The summed E-state index contributed by atoms with van der Waals surface area (Å²) in [5.74, 6) is 0. The molecule has 1 aliphatic rings. The lowest BCUT2D eigenvalue weighted by atomic mass is 10.2. The van der Waals surface area contributed by atoms with E-state index in [-0.39, 0.29) is 0 Å². The summed E-state index contributed by atoms with van der Waals surface area (Å²) in [7, 11) is 0. The maximum atomic E-state index is 5.89. The van der Waals surface area contributed by atoms with Crippen LogP contribution in [0.1, 0.15) is 20.3 Å². The van der Waals surface area contributed by atoms with Gasteiger partial charge in [0.25, 0.3) is 0 Å². The fourth-order valence-corrected chi connectivity index (χ4v) is 1.33. The van der Waals surface area contributed by atoms with Crippen LogP contribution in [0.25, 0.3) is 0 Å². The van der Waals surface area contributed by atoms with Crippen LogP contribution in [0.2, 0.25) is 0 Å². The first-order valence-electron chi connectivity index (χ1n) is 3.38. The third-order valence-electron chi connectivity index (χ3n) is 1.46. The van der Waals surface area contributed by atoms with Gasteiger partial charge in [0, 0.05) is 11.5 Å². The molecule has 54 valence electrons. The lowest BCUT2D eigenvalue weighted by Gasteiger charge is -1.94. The van der Waals surface area contributed by atoms with E-state index in [1.54, 1.807) is 0 Å². The van der Waals surface area contributed by atoms with Crippen molar-refractivity contribution in [3.63, 3.8) is 0 Å². The first-order valence-corrected chi connectivity index (χ1v) is 3.76. The van der Waals surface area contributed by atoms with Gasteiger partial charge >= 0.3 is 0 Å². The van der Waals surface area contributed by atoms with Crippen LogP contribution in [-0.4, -0.2) is 0 Å². The Kier molecular flexibility index (Phi) is 2.34. The maximum Gasteiger partial charge on any atom is 0.0224 e. The predicted octanol–water partition coefficient (Wildman–Crippen LogP) is 3.41. The molecule has 0 amide bonds. The second-order valence-electron chi connectivity index (χ2n) is 2.69. The van der Waals surface area contributed by atoms with E-state index in [9.17, 15) is 0 Å². The van der Waals surface area contributed by atoms with E-state index >= 15 is 0 Å². The van der Waals surface area contributed by atoms with Gasteiger partial charge in [-0.05, 0) is 25.5 Å². The minimum atomic E-state index is 0.898. The predicted molar refractivity (Wildman–Crippen MR) is 46.1 cm³/mol. The van der Waals surface area contributed by atoms with E-state index in [1.165, 1.54) is 11.1 Å². The summed E-state index contributed by atoms with van der Waals surface area (Å²) in [4.78, 5) is 0. The molecule has 0 aromatic carbocycles. The summed E-state index contributed by atoms with van der Waals surface area (Å²) >= 11 is 5.89. The van der Waals surface area contributed by atoms with Crippen molar-refractivity contribution in [1.82, 2.24) is 0 Å².